The molecule has 1 unspecified atom stereocenters. The topological polar surface area (TPSA) is 37.2 Å². The molecule has 1 atom stereocenters. The van der Waals surface area contributed by atoms with E-state index >= 15 is 0 Å². The zero-order valence-corrected chi connectivity index (χ0v) is 17.0. The van der Waals surface area contributed by atoms with Crippen LogP contribution >= 0.6 is 0 Å². The second-order valence-electron chi connectivity index (χ2n) is 8.15. The predicted molar refractivity (Wildman–Crippen MR) is 111 cm³/mol. The molecule has 0 bridgehead atoms. The van der Waals surface area contributed by atoms with Crippen LogP contribution in [0.2, 0.25) is 0 Å². The van der Waals surface area contributed by atoms with E-state index < -0.39 is 11.7 Å². The van der Waals surface area contributed by atoms with Gasteiger partial charge in [-0.25, -0.2) is 0 Å². The zero-order chi connectivity index (χ0) is 21.8. The van der Waals surface area contributed by atoms with E-state index in [2.05, 4.69) is 22.8 Å². The van der Waals surface area contributed by atoms with Gasteiger partial charge in [-0.3, -0.25) is 0 Å². The van der Waals surface area contributed by atoms with Crippen molar-refractivity contribution < 1.29 is 13.2 Å². The largest absolute Gasteiger partial charge is 0.418 e. The van der Waals surface area contributed by atoms with Crippen molar-refractivity contribution in [3.8, 4) is 0 Å². The molecule has 2 aromatic rings. The van der Waals surface area contributed by atoms with Crippen molar-refractivity contribution in [2.24, 2.45) is 13.0 Å². The first-order valence-corrected chi connectivity index (χ1v) is 10.2. The highest BCUT2D eigenvalue weighted by molar-refractivity contribution is 5.63. The quantitative estimate of drug-likeness (QED) is 0.675. The Labute approximate surface area is 178 Å². The number of aryl methyl sites for hydroxylation is 1. The maximum atomic E-state index is 13.5. The average molecular weight is 425 g/mol. The number of nitrogens with zero attached hydrogens (tertiary/aromatic N) is 5. The molecule has 8 heteroatoms. The van der Waals surface area contributed by atoms with Crippen LogP contribution in [0.15, 0.2) is 78.8 Å². The number of allylic oxidation sites excluding steroid dienone is 3. The van der Waals surface area contributed by atoms with Crippen LogP contribution in [0, 0.1) is 5.92 Å². The van der Waals surface area contributed by atoms with Gasteiger partial charge in [-0.1, -0.05) is 25.1 Å². The Balaban J connectivity index is 1.53. The number of benzene rings is 1. The van der Waals surface area contributed by atoms with Crippen molar-refractivity contribution in [3.63, 3.8) is 0 Å². The van der Waals surface area contributed by atoms with Gasteiger partial charge in [0.1, 0.15) is 18.0 Å². The highest BCUT2D eigenvalue weighted by Gasteiger charge is 2.42. The van der Waals surface area contributed by atoms with Gasteiger partial charge < -0.3 is 14.4 Å². The summed E-state index contributed by atoms with van der Waals surface area (Å²) in [5, 5.41) is 8.41. The number of hydrogen-bond acceptors (Lipinski definition) is 4. The maximum absolute atomic E-state index is 13.5. The summed E-state index contributed by atoms with van der Waals surface area (Å²) in [7, 11) is 1.94. The molecule has 1 aliphatic carbocycles. The van der Waals surface area contributed by atoms with Crippen molar-refractivity contribution in [1.29, 1.82) is 0 Å². The van der Waals surface area contributed by atoms with Gasteiger partial charge in [0.15, 0.2) is 0 Å². The fourth-order valence-corrected chi connectivity index (χ4v) is 4.50. The van der Waals surface area contributed by atoms with Crippen molar-refractivity contribution in [1.82, 2.24) is 19.7 Å². The Morgan fingerprint density at radius 3 is 2.65 bits per heavy atom. The standard InChI is InChI=1S/C23H22F3N5/c1-15-30-11-5-10-19(23(24,25)26)20(30)13-31(15)18-9-4-8-17(12-18)21(16-6-3-7-16)22-28-27-14-29(22)2/h4-5,8-14,16,21H,1,3,6-7H2,2H3. The average Bonchev–Trinajstić information content (AvgIpc) is 3.27. The highest BCUT2D eigenvalue weighted by atomic mass is 19.4. The lowest BCUT2D eigenvalue weighted by molar-refractivity contribution is -0.0908. The molecule has 0 amide bonds. The van der Waals surface area contributed by atoms with E-state index in [1.165, 1.54) is 23.6 Å². The molecular weight excluding hydrogens is 403 g/mol. The van der Waals surface area contributed by atoms with Crippen LogP contribution in [-0.4, -0.2) is 25.8 Å². The Hall–Kier alpha value is -3.29. The number of hydrogen-bond donors (Lipinski definition) is 0. The summed E-state index contributed by atoms with van der Waals surface area (Å²) in [6, 6.07) is 7.91. The van der Waals surface area contributed by atoms with Crippen LogP contribution in [0.3, 0.4) is 0 Å². The first-order chi connectivity index (χ1) is 14.8. The molecule has 31 heavy (non-hydrogen) atoms. The van der Waals surface area contributed by atoms with Crippen molar-refractivity contribution in [2.75, 3.05) is 4.90 Å². The molecule has 1 fully saturated rings. The molecule has 5 rings (SSSR count). The lowest BCUT2D eigenvalue weighted by atomic mass is 9.72. The third-order valence-corrected chi connectivity index (χ3v) is 6.30. The number of anilines is 1. The molecule has 0 spiro atoms. The van der Waals surface area contributed by atoms with E-state index in [-0.39, 0.29) is 11.6 Å². The highest BCUT2D eigenvalue weighted by Crippen LogP contribution is 2.45. The molecule has 0 N–H and O–H groups in total. The zero-order valence-electron chi connectivity index (χ0n) is 17.0. The van der Waals surface area contributed by atoms with Gasteiger partial charge in [-0.15, -0.1) is 10.2 Å². The van der Waals surface area contributed by atoms with E-state index in [1.807, 2.05) is 29.8 Å². The first-order valence-electron chi connectivity index (χ1n) is 10.2. The van der Waals surface area contributed by atoms with Crippen LogP contribution in [0.4, 0.5) is 18.9 Å². The van der Waals surface area contributed by atoms with Gasteiger partial charge >= 0.3 is 6.18 Å². The number of alkyl halides is 3. The SMILES string of the molecule is C=C1N2C=CC=C(C(F)(F)F)C2=CN1c1cccc(C(c2nncn2C)C2CCC2)c1. The van der Waals surface area contributed by atoms with Gasteiger partial charge in [0.05, 0.1) is 11.3 Å². The van der Waals surface area contributed by atoms with Crippen LogP contribution in [-0.2, 0) is 7.05 Å². The summed E-state index contributed by atoms with van der Waals surface area (Å²) in [6.07, 6.45) is 6.31. The van der Waals surface area contributed by atoms with E-state index in [0.29, 0.717) is 11.7 Å². The Morgan fingerprint density at radius 1 is 1.19 bits per heavy atom. The van der Waals surface area contributed by atoms with E-state index in [1.54, 1.807) is 17.4 Å². The lowest BCUT2D eigenvalue weighted by Gasteiger charge is -2.34. The molecule has 1 saturated carbocycles. The summed E-state index contributed by atoms with van der Waals surface area (Å²) in [4.78, 5) is 3.18. The van der Waals surface area contributed by atoms with Crippen LogP contribution in [0.5, 0.6) is 0 Å². The number of halogens is 3. The van der Waals surface area contributed by atoms with Crippen molar-refractivity contribution >= 4 is 5.69 Å². The summed E-state index contributed by atoms with van der Waals surface area (Å²) in [6.45, 7) is 4.04. The van der Waals surface area contributed by atoms with Gasteiger partial charge in [-0.05, 0) is 48.6 Å². The molecule has 160 valence electrons. The molecule has 2 aliphatic heterocycles. The molecule has 0 radical (unpaired) electrons. The van der Waals surface area contributed by atoms with Crippen LogP contribution < -0.4 is 4.90 Å². The molecule has 5 nitrogen and oxygen atoms in total. The van der Waals surface area contributed by atoms with Gasteiger partial charge in [0.25, 0.3) is 0 Å². The van der Waals surface area contributed by atoms with Crippen LogP contribution in [0.25, 0.3) is 0 Å². The number of rotatable bonds is 4. The lowest BCUT2D eigenvalue weighted by Crippen LogP contribution is -2.25. The fraction of sp³-hybridized carbons (Fsp3) is 0.304. The summed E-state index contributed by atoms with van der Waals surface area (Å²) < 4.78 is 42.4. The first kappa shape index (κ1) is 19.7. The summed E-state index contributed by atoms with van der Waals surface area (Å²) in [5.41, 5.74) is 1.25. The second kappa shape index (κ2) is 7.14. The van der Waals surface area contributed by atoms with Crippen LogP contribution in [0.1, 0.15) is 36.6 Å². The number of fused-ring (bicyclic) bond motifs is 1. The predicted octanol–water partition coefficient (Wildman–Crippen LogP) is 5.20. The molecule has 1 aromatic carbocycles. The summed E-state index contributed by atoms with van der Waals surface area (Å²) >= 11 is 0. The smallest absolute Gasteiger partial charge is 0.320 e. The fourth-order valence-electron chi connectivity index (χ4n) is 4.50. The molecule has 3 aliphatic rings. The molecule has 0 saturated heterocycles. The Bertz CT molecular complexity index is 1120. The van der Waals surface area contributed by atoms with Crippen molar-refractivity contribution in [2.45, 2.75) is 31.4 Å². The minimum Gasteiger partial charge on any atom is -0.320 e. The van der Waals surface area contributed by atoms with Gasteiger partial charge in [0, 0.05) is 31.1 Å². The number of aromatic nitrogens is 3. The summed E-state index contributed by atoms with van der Waals surface area (Å²) in [5.74, 6) is 1.94. The normalized spacial score (nSPS) is 19.8. The molecule has 3 heterocycles. The van der Waals surface area contributed by atoms with Gasteiger partial charge in [-0.2, -0.15) is 13.2 Å². The Morgan fingerprint density at radius 2 is 2.00 bits per heavy atom. The third-order valence-electron chi connectivity index (χ3n) is 6.30. The van der Waals surface area contributed by atoms with E-state index in [4.69, 9.17) is 0 Å². The van der Waals surface area contributed by atoms with Crippen molar-refractivity contribution in [3.05, 3.63) is 90.2 Å². The minimum atomic E-state index is -4.44. The molecule has 1 aromatic heterocycles. The van der Waals surface area contributed by atoms with E-state index in [0.717, 1.165) is 36.0 Å². The molecular formula is C23H22F3N5. The Kier molecular flexibility index (Phi) is 4.53. The third kappa shape index (κ3) is 3.26. The monoisotopic (exact) mass is 425 g/mol. The van der Waals surface area contributed by atoms with E-state index in [9.17, 15) is 13.2 Å². The second-order valence-corrected chi connectivity index (χ2v) is 8.15. The minimum absolute atomic E-state index is 0.0780. The maximum Gasteiger partial charge on any atom is 0.418 e. The van der Waals surface area contributed by atoms with Gasteiger partial charge in [0.2, 0.25) is 0 Å².